The molecule has 2 aromatic rings. The van der Waals surface area contributed by atoms with Crippen LogP contribution in [0.4, 0.5) is 0 Å². The molecule has 3 rings (SSSR count). The minimum atomic E-state index is 0.488. The summed E-state index contributed by atoms with van der Waals surface area (Å²) in [5, 5.41) is 12.1. The van der Waals surface area contributed by atoms with E-state index in [0.717, 1.165) is 29.8 Å². The van der Waals surface area contributed by atoms with E-state index in [1.165, 1.54) is 0 Å². The van der Waals surface area contributed by atoms with Gasteiger partial charge in [-0.15, -0.1) is 5.10 Å². The first-order chi connectivity index (χ1) is 8.22. The van der Waals surface area contributed by atoms with Crippen molar-refractivity contribution in [3.8, 4) is 0 Å². The summed E-state index contributed by atoms with van der Waals surface area (Å²) < 4.78 is 4.87. The molecule has 2 aromatic heterocycles. The van der Waals surface area contributed by atoms with Crippen LogP contribution in [0.1, 0.15) is 11.7 Å². The monoisotopic (exact) mass is 296 g/mol. The molecule has 0 aromatic carbocycles. The first-order valence-corrected chi connectivity index (χ1v) is 6.27. The highest BCUT2D eigenvalue weighted by Crippen LogP contribution is 2.23. The molecule has 1 fully saturated rings. The zero-order chi connectivity index (χ0) is 11.8. The fourth-order valence-corrected chi connectivity index (χ4v) is 2.34. The van der Waals surface area contributed by atoms with E-state index < -0.39 is 0 Å². The van der Waals surface area contributed by atoms with E-state index >= 15 is 0 Å². The third-order valence-corrected chi connectivity index (χ3v) is 3.49. The molecule has 1 aliphatic heterocycles. The van der Waals surface area contributed by atoms with Crippen LogP contribution < -0.4 is 0 Å². The molecule has 0 saturated carbocycles. The highest BCUT2D eigenvalue weighted by atomic mass is 79.9. The average Bonchev–Trinajstić information content (AvgIpc) is 2.81. The Labute approximate surface area is 107 Å². The lowest BCUT2D eigenvalue weighted by atomic mass is 10.1. The number of nitrogens with zero attached hydrogens (tertiary/aromatic N) is 6. The second kappa shape index (κ2) is 4.23. The van der Waals surface area contributed by atoms with Crippen LogP contribution in [0.15, 0.2) is 23.1 Å². The van der Waals surface area contributed by atoms with E-state index in [2.05, 4.69) is 36.2 Å². The van der Waals surface area contributed by atoms with E-state index in [4.69, 9.17) is 0 Å². The molecule has 3 heterocycles. The third-order valence-electron chi connectivity index (χ3n) is 3.08. The Morgan fingerprint density at radius 2 is 2.24 bits per heavy atom. The Balaban J connectivity index is 1.57. The maximum Gasteiger partial charge on any atom is 0.0773 e. The Kier molecular flexibility index (Phi) is 2.71. The van der Waals surface area contributed by atoms with Crippen LogP contribution >= 0.6 is 15.9 Å². The molecule has 90 valence electrons. The van der Waals surface area contributed by atoms with Gasteiger partial charge in [-0.3, -0.25) is 14.3 Å². The van der Waals surface area contributed by atoms with Crippen molar-refractivity contribution >= 4 is 15.9 Å². The fraction of sp³-hybridized carbons (Fsp3) is 0.500. The maximum atomic E-state index is 4.30. The van der Waals surface area contributed by atoms with Gasteiger partial charge in [0.25, 0.3) is 0 Å². The predicted molar refractivity (Wildman–Crippen MR) is 65.2 cm³/mol. The van der Waals surface area contributed by atoms with Crippen LogP contribution in [0.5, 0.6) is 0 Å². The number of hydrogen-bond acceptors (Lipinski definition) is 4. The Bertz CT molecular complexity index is 512. The molecule has 6 nitrogen and oxygen atoms in total. The summed E-state index contributed by atoms with van der Waals surface area (Å²) in [5.74, 6) is 0. The normalized spacial score (nSPS) is 17.3. The van der Waals surface area contributed by atoms with Gasteiger partial charge in [-0.05, 0) is 15.9 Å². The van der Waals surface area contributed by atoms with Crippen molar-refractivity contribution in [2.45, 2.75) is 12.6 Å². The van der Waals surface area contributed by atoms with Crippen molar-refractivity contribution in [2.75, 3.05) is 13.1 Å². The third kappa shape index (κ3) is 2.12. The van der Waals surface area contributed by atoms with Gasteiger partial charge in [0.15, 0.2) is 0 Å². The lowest BCUT2D eigenvalue weighted by Gasteiger charge is -2.38. The standard InChI is InChI=1S/C10H13BrN6/c1-15-9(3-12-14-15)5-16-6-10(7-16)17-4-8(11)2-13-17/h2-4,10H,5-7H2,1H3. The molecule has 0 atom stereocenters. The molecule has 0 N–H and O–H groups in total. The predicted octanol–water partition coefficient (Wildman–Crippen LogP) is 0.831. The van der Waals surface area contributed by atoms with Crippen LogP contribution in [0, 0.1) is 0 Å². The van der Waals surface area contributed by atoms with Crippen molar-refractivity contribution in [3.05, 3.63) is 28.8 Å². The van der Waals surface area contributed by atoms with Crippen molar-refractivity contribution in [3.63, 3.8) is 0 Å². The Morgan fingerprint density at radius 1 is 1.41 bits per heavy atom. The molecular weight excluding hydrogens is 284 g/mol. The van der Waals surface area contributed by atoms with Crippen molar-refractivity contribution in [1.82, 2.24) is 29.7 Å². The lowest BCUT2D eigenvalue weighted by molar-refractivity contribution is 0.0882. The summed E-state index contributed by atoms with van der Waals surface area (Å²) in [5.41, 5.74) is 1.14. The van der Waals surface area contributed by atoms with Crippen LogP contribution in [0.3, 0.4) is 0 Å². The summed E-state index contributed by atoms with van der Waals surface area (Å²) >= 11 is 3.41. The Hall–Kier alpha value is -1.21. The van der Waals surface area contributed by atoms with Gasteiger partial charge in [0.2, 0.25) is 0 Å². The summed E-state index contributed by atoms with van der Waals surface area (Å²) in [7, 11) is 1.92. The number of halogens is 1. The second-order valence-electron chi connectivity index (χ2n) is 4.34. The van der Waals surface area contributed by atoms with Crippen molar-refractivity contribution in [1.29, 1.82) is 0 Å². The highest BCUT2D eigenvalue weighted by molar-refractivity contribution is 9.10. The highest BCUT2D eigenvalue weighted by Gasteiger charge is 2.29. The molecule has 17 heavy (non-hydrogen) atoms. The summed E-state index contributed by atoms with van der Waals surface area (Å²) in [6.45, 7) is 2.96. The van der Waals surface area contributed by atoms with Crippen LogP contribution in [-0.2, 0) is 13.6 Å². The molecule has 1 saturated heterocycles. The van der Waals surface area contributed by atoms with Gasteiger partial charge in [-0.1, -0.05) is 5.21 Å². The number of aryl methyl sites for hydroxylation is 1. The number of hydrogen-bond donors (Lipinski definition) is 0. The van der Waals surface area contributed by atoms with E-state index in [1.54, 1.807) is 0 Å². The summed E-state index contributed by atoms with van der Waals surface area (Å²) in [6, 6.07) is 0.488. The van der Waals surface area contributed by atoms with Crippen LogP contribution in [0.2, 0.25) is 0 Å². The largest absolute Gasteiger partial charge is 0.293 e. The smallest absolute Gasteiger partial charge is 0.0773 e. The van der Waals surface area contributed by atoms with Crippen molar-refractivity contribution < 1.29 is 0 Å². The molecule has 0 amide bonds. The quantitative estimate of drug-likeness (QED) is 0.842. The second-order valence-corrected chi connectivity index (χ2v) is 5.25. The zero-order valence-electron chi connectivity index (χ0n) is 9.49. The molecule has 0 bridgehead atoms. The minimum Gasteiger partial charge on any atom is -0.293 e. The van der Waals surface area contributed by atoms with E-state index in [1.807, 2.05) is 35.0 Å². The molecule has 0 aliphatic carbocycles. The molecule has 7 heteroatoms. The van der Waals surface area contributed by atoms with Crippen LogP contribution in [0.25, 0.3) is 0 Å². The van der Waals surface area contributed by atoms with Gasteiger partial charge in [0, 0.05) is 32.9 Å². The Morgan fingerprint density at radius 3 is 2.82 bits per heavy atom. The zero-order valence-corrected chi connectivity index (χ0v) is 11.1. The van der Waals surface area contributed by atoms with E-state index in [0.29, 0.717) is 6.04 Å². The van der Waals surface area contributed by atoms with Crippen LogP contribution in [-0.4, -0.2) is 42.8 Å². The molecule has 1 aliphatic rings. The van der Waals surface area contributed by atoms with Gasteiger partial charge in [0.1, 0.15) is 0 Å². The topological polar surface area (TPSA) is 51.8 Å². The molecule has 0 radical (unpaired) electrons. The number of aromatic nitrogens is 5. The molecule has 0 spiro atoms. The number of rotatable bonds is 3. The van der Waals surface area contributed by atoms with Gasteiger partial charge in [0.05, 0.1) is 28.6 Å². The van der Waals surface area contributed by atoms with Gasteiger partial charge < -0.3 is 0 Å². The first kappa shape index (κ1) is 10.9. The number of likely N-dealkylation sites (tertiary alicyclic amines) is 1. The van der Waals surface area contributed by atoms with Gasteiger partial charge >= 0.3 is 0 Å². The average molecular weight is 297 g/mol. The van der Waals surface area contributed by atoms with Gasteiger partial charge in [-0.2, -0.15) is 5.10 Å². The lowest BCUT2D eigenvalue weighted by Crippen LogP contribution is -2.47. The minimum absolute atomic E-state index is 0.488. The molecule has 0 unspecified atom stereocenters. The summed E-state index contributed by atoms with van der Waals surface area (Å²) in [6.07, 6.45) is 5.67. The van der Waals surface area contributed by atoms with Gasteiger partial charge in [-0.25, -0.2) is 0 Å². The maximum absolute atomic E-state index is 4.30. The fourth-order valence-electron chi connectivity index (χ4n) is 2.04. The molecular formula is C10H13BrN6. The van der Waals surface area contributed by atoms with E-state index in [9.17, 15) is 0 Å². The summed E-state index contributed by atoms with van der Waals surface area (Å²) in [4.78, 5) is 2.36. The SMILES string of the molecule is Cn1nncc1CN1CC(n2cc(Br)cn2)C1. The van der Waals surface area contributed by atoms with E-state index in [-0.39, 0.29) is 0 Å². The first-order valence-electron chi connectivity index (χ1n) is 5.48. The van der Waals surface area contributed by atoms with Crippen molar-refractivity contribution in [2.24, 2.45) is 7.05 Å².